The summed E-state index contributed by atoms with van der Waals surface area (Å²) in [5.41, 5.74) is 0.851. The topological polar surface area (TPSA) is 42.4 Å². The van der Waals surface area contributed by atoms with Crippen LogP contribution in [-0.2, 0) is 6.61 Å². The molecule has 13 heavy (non-hydrogen) atoms. The lowest BCUT2D eigenvalue weighted by molar-refractivity contribution is 0.114. The minimum Gasteiger partial charge on any atom is -0.474 e. The molecule has 1 N–H and O–H groups in total. The van der Waals surface area contributed by atoms with Gasteiger partial charge in [0.2, 0.25) is 5.88 Å². The van der Waals surface area contributed by atoms with Gasteiger partial charge in [-0.25, -0.2) is 4.98 Å². The summed E-state index contributed by atoms with van der Waals surface area (Å²) in [6.45, 7) is 0.0452. The van der Waals surface area contributed by atoms with Crippen LogP contribution in [0.15, 0.2) is 18.3 Å². The normalized spacial score (nSPS) is 16.7. The minimum absolute atomic E-state index is 0.0452. The molecule has 0 radical (unpaired) electrons. The van der Waals surface area contributed by atoms with Crippen LogP contribution in [-0.4, -0.2) is 16.2 Å². The molecule has 0 aromatic carbocycles. The second kappa shape index (κ2) is 3.75. The molecular formula is C10H13NO2. The monoisotopic (exact) mass is 179 g/mol. The van der Waals surface area contributed by atoms with E-state index in [1.807, 2.05) is 0 Å². The number of nitrogens with zero attached hydrogens (tertiary/aromatic N) is 1. The van der Waals surface area contributed by atoms with E-state index >= 15 is 0 Å². The van der Waals surface area contributed by atoms with Crippen molar-refractivity contribution in [1.82, 2.24) is 4.98 Å². The Labute approximate surface area is 77.4 Å². The summed E-state index contributed by atoms with van der Waals surface area (Å²) in [5.74, 6) is 0.635. The SMILES string of the molecule is OCc1ccnc(OC2CCC2)c1. The van der Waals surface area contributed by atoms with Crippen molar-refractivity contribution in [3.8, 4) is 5.88 Å². The van der Waals surface area contributed by atoms with Gasteiger partial charge in [0.15, 0.2) is 0 Å². The molecule has 1 aromatic rings. The molecule has 0 bridgehead atoms. The number of aliphatic hydroxyl groups is 1. The molecule has 0 unspecified atom stereocenters. The van der Waals surface area contributed by atoms with Crippen LogP contribution in [0.25, 0.3) is 0 Å². The molecule has 3 nitrogen and oxygen atoms in total. The molecule has 0 aliphatic heterocycles. The predicted octanol–water partition coefficient (Wildman–Crippen LogP) is 1.51. The summed E-state index contributed by atoms with van der Waals surface area (Å²) in [6, 6.07) is 3.58. The zero-order valence-corrected chi connectivity index (χ0v) is 7.44. The molecule has 1 heterocycles. The van der Waals surface area contributed by atoms with Gasteiger partial charge in [0.1, 0.15) is 6.10 Å². The standard InChI is InChI=1S/C10H13NO2/c12-7-8-4-5-11-10(6-8)13-9-2-1-3-9/h4-6,9,12H,1-3,7H2. The summed E-state index contributed by atoms with van der Waals surface area (Å²) in [7, 11) is 0. The lowest BCUT2D eigenvalue weighted by Crippen LogP contribution is -2.24. The highest BCUT2D eigenvalue weighted by molar-refractivity contribution is 5.19. The second-order valence-corrected chi connectivity index (χ2v) is 3.33. The van der Waals surface area contributed by atoms with Gasteiger partial charge >= 0.3 is 0 Å². The van der Waals surface area contributed by atoms with E-state index in [2.05, 4.69) is 4.98 Å². The third-order valence-corrected chi connectivity index (χ3v) is 2.32. The summed E-state index contributed by atoms with van der Waals surface area (Å²) < 4.78 is 5.57. The smallest absolute Gasteiger partial charge is 0.213 e. The molecular weight excluding hydrogens is 166 g/mol. The number of hydrogen-bond donors (Lipinski definition) is 1. The highest BCUT2D eigenvalue weighted by Crippen LogP contribution is 2.24. The third kappa shape index (κ3) is 1.98. The molecule has 1 aliphatic rings. The first-order valence-corrected chi connectivity index (χ1v) is 4.61. The number of hydrogen-bond acceptors (Lipinski definition) is 3. The fourth-order valence-electron chi connectivity index (χ4n) is 1.27. The molecule has 0 atom stereocenters. The Balaban J connectivity index is 2.01. The van der Waals surface area contributed by atoms with E-state index in [4.69, 9.17) is 9.84 Å². The fourth-order valence-corrected chi connectivity index (χ4v) is 1.27. The first-order chi connectivity index (χ1) is 6.38. The van der Waals surface area contributed by atoms with Gasteiger partial charge in [-0.15, -0.1) is 0 Å². The first kappa shape index (κ1) is 8.51. The average Bonchev–Trinajstić information content (AvgIpc) is 2.12. The van der Waals surface area contributed by atoms with Crippen LogP contribution in [0.5, 0.6) is 5.88 Å². The van der Waals surface area contributed by atoms with Gasteiger partial charge in [-0.1, -0.05) is 0 Å². The van der Waals surface area contributed by atoms with Crippen molar-refractivity contribution in [1.29, 1.82) is 0 Å². The Morgan fingerprint density at radius 2 is 2.38 bits per heavy atom. The zero-order chi connectivity index (χ0) is 9.10. The Morgan fingerprint density at radius 3 is 3.00 bits per heavy atom. The van der Waals surface area contributed by atoms with E-state index < -0.39 is 0 Å². The Morgan fingerprint density at radius 1 is 1.54 bits per heavy atom. The lowest BCUT2D eigenvalue weighted by atomic mass is 9.96. The van der Waals surface area contributed by atoms with Crippen LogP contribution in [0, 0.1) is 0 Å². The molecule has 1 fully saturated rings. The Hall–Kier alpha value is -1.09. The fraction of sp³-hybridized carbons (Fsp3) is 0.500. The van der Waals surface area contributed by atoms with Gasteiger partial charge in [-0.2, -0.15) is 0 Å². The molecule has 0 amide bonds. The van der Waals surface area contributed by atoms with E-state index in [0.717, 1.165) is 18.4 Å². The van der Waals surface area contributed by atoms with Crippen molar-refractivity contribution in [3.63, 3.8) is 0 Å². The maximum atomic E-state index is 8.88. The van der Waals surface area contributed by atoms with E-state index in [1.165, 1.54) is 6.42 Å². The van der Waals surface area contributed by atoms with E-state index in [9.17, 15) is 0 Å². The third-order valence-electron chi connectivity index (χ3n) is 2.32. The lowest BCUT2D eigenvalue weighted by Gasteiger charge is -2.25. The molecule has 0 spiro atoms. The molecule has 0 saturated heterocycles. The molecule has 1 saturated carbocycles. The summed E-state index contributed by atoms with van der Waals surface area (Å²) in [6.07, 6.45) is 5.53. The van der Waals surface area contributed by atoms with Crippen molar-refractivity contribution < 1.29 is 9.84 Å². The van der Waals surface area contributed by atoms with Gasteiger partial charge in [0.25, 0.3) is 0 Å². The van der Waals surface area contributed by atoms with Gasteiger partial charge in [0, 0.05) is 12.3 Å². The van der Waals surface area contributed by atoms with E-state index in [-0.39, 0.29) is 6.61 Å². The minimum atomic E-state index is 0.0452. The second-order valence-electron chi connectivity index (χ2n) is 3.33. The van der Waals surface area contributed by atoms with Crippen molar-refractivity contribution >= 4 is 0 Å². The average molecular weight is 179 g/mol. The quantitative estimate of drug-likeness (QED) is 0.764. The predicted molar refractivity (Wildman–Crippen MR) is 48.4 cm³/mol. The largest absolute Gasteiger partial charge is 0.474 e. The highest BCUT2D eigenvalue weighted by atomic mass is 16.5. The van der Waals surface area contributed by atoms with Gasteiger partial charge in [-0.05, 0) is 30.9 Å². The Bertz CT molecular complexity index is 284. The molecule has 2 rings (SSSR count). The maximum absolute atomic E-state index is 8.88. The molecule has 3 heteroatoms. The molecule has 70 valence electrons. The van der Waals surface area contributed by atoms with Crippen molar-refractivity contribution in [2.24, 2.45) is 0 Å². The van der Waals surface area contributed by atoms with Crippen LogP contribution in [0.2, 0.25) is 0 Å². The number of aliphatic hydroxyl groups excluding tert-OH is 1. The van der Waals surface area contributed by atoms with E-state index in [0.29, 0.717) is 12.0 Å². The molecule has 1 aliphatic carbocycles. The zero-order valence-electron chi connectivity index (χ0n) is 7.44. The van der Waals surface area contributed by atoms with Crippen molar-refractivity contribution in [2.45, 2.75) is 32.0 Å². The number of aromatic nitrogens is 1. The number of pyridine rings is 1. The van der Waals surface area contributed by atoms with Crippen molar-refractivity contribution in [2.75, 3.05) is 0 Å². The van der Waals surface area contributed by atoms with Crippen molar-refractivity contribution in [3.05, 3.63) is 23.9 Å². The van der Waals surface area contributed by atoms with Crippen LogP contribution in [0.3, 0.4) is 0 Å². The van der Waals surface area contributed by atoms with Gasteiger partial charge < -0.3 is 9.84 Å². The van der Waals surface area contributed by atoms with Crippen LogP contribution < -0.4 is 4.74 Å². The summed E-state index contributed by atoms with van der Waals surface area (Å²) >= 11 is 0. The van der Waals surface area contributed by atoms with Gasteiger partial charge in [-0.3, -0.25) is 0 Å². The first-order valence-electron chi connectivity index (χ1n) is 4.61. The highest BCUT2D eigenvalue weighted by Gasteiger charge is 2.19. The molecule has 1 aromatic heterocycles. The maximum Gasteiger partial charge on any atom is 0.213 e. The summed E-state index contributed by atoms with van der Waals surface area (Å²) in [5, 5.41) is 8.88. The summed E-state index contributed by atoms with van der Waals surface area (Å²) in [4.78, 5) is 4.08. The number of ether oxygens (including phenoxy) is 1. The van der Waals surface area contributed by atoms with Crippen LogP contribution >= 0.6 is 0 Å². The van der Waals surface area contributed by atoms with Crippen LogP contribution in [0.1, 0.15) is 24.8 Å². The Kier molecular flexibility index (Phi) is 2.45. The number of rotatable bonds is 3. The van der Waals surface area contributed by atoms with Gasteiger partial charge in [0.05, 0.1) is 6.61 Å². The van der Waals surface area contributed by atoms with E-state index in [1.54, 1.807) is 18.3 Å². The van der Waals surface area contributed by atoms with Crippen LogP contribution in [0.4, 0.5) is 0 Å².